The van der Waals surface area contributed by atoms with Crippen LogP contribution in [-0.4, -0.2) is 15.0 Å². The zero-order chi connectivity index (χ0) is 35.8. The number of nitrogens with zero attached hydrogens (tertiary/aromatic N) is 3. The number of fused-ring (bicyclic) bond motifs is 10. The monoisotopic (exact) mass is 674 g/mol. The molecule has 0 saturated heterocycles. The van der Waals surface area contributed by atoms with E-state index in [1.807, 2.05) is 0 Å². The van der Waals surface area contributed by atoms with E-state index in [1.165, 1.54) is 21.9 Å². The quantitative estimate of drug-likeness (QED) is 0.198. The van der Waals surface area contributed by atoms with Gasteiger partial charge < -0.3 is 4.98 Å². The molecule has 4 heterocycles. The minimum absolute atomic E-state index is 0.0770. The Morgan fingerprint density at radius 1 is 0.442 bits per heavy atom. The Bertz CT molecular complexity index is 2640. The summed E-state index contributed by atoms with van der Waals surface area (Å²) in [4.78, 5) is 17.2. The van der Waals surface area contributed by atoms with Gasteiger partial charge in [-0.05, 0) is 106 Å². The van der Waals surface area contributed by atoms with E-state index < -0.39 is 0 Å². The molecule has 4 heteroatoms. The summed E-state index contributed by atoms with van der Waals surface area (Å²) in [5.74, 6) is 0.850. The Morgan fingerprint density at radius 2 is 1.00 bits per heavy atom. The summed E-state index contributed by atoms with van der Waals surface area (Å²) in [7, 11) is 0. The van der Waals surface area contributed by atoms with E-state index in [9.17, 15) is 0 Å². The van der Waals surface area contributed by atoms with E-state index in [-0.39, 0.29) is 10.8 Å². The van der Waals surface area contributed by atoms with Crippen LogP contribution in [0.1, 0.15) is 52.7 Å². The van der Waals surface area contributed by atoms with Gasteiger partial charge in [0.25, 0.3) is 0 Å². The van der Waals surface area contributed by atoms with Crippen molar-refractivity contribution in [3.05, 3.63) is 151 Å². The third kappa shape index (κ3) is 5.47. The highest BCUT2D eigenvalue weighted by Crippen LogP contribution is 2.44. The topological polar surface area (TPSA) is 44.8 Å². The maximum absolute atomic E-state index is 5.51. The number of para-hydroxylation sites is 1. The molecule has 0 unspecified atom stereocenters. The molecule has 1 N–H and O–H groups in total. The van der Waals surface area contributed by atoms with Crippen LogP contribution in [-0.2, 0) is 10.8 Å². The zero-order valence-corrected chi connectivity index (χ0v) is 30.6. The van der Waals surface area contributed by atoms with Crippen molar-refractivity contribution >= 4 is 39.0 Å². The van der Waals surface area contributed by atoms with E-state index in [2.05, 4.69) is 191 Å². The van der Waals surface area contributed by atoms with E-state index >= 15 is 0 Å². The van der Waals surface area contributed by atoms with Gasteiger partial charge in [-0.2, -0.15) is 0 Å². The smallest absolute Gasteiger partial charge is 0.138 e. The molecule has 254 valence electrons. The number of rotatable bonds is 2. The van der Waals surface area contributed by atoms with Crippen LogP contribution in [0.2, 0.25) is 0 Å². The van der Waals surface area contributed by atoms with Gasteiger partial charge in [-0.3, -0.25) is 4.90 Å². The average Bonchev–Trinajstić information content (AvgIpc) is 3.53. The summed E-state index contributed by atoms with van der Waals surface area (Å²) >= 11 is 0. The number of hydrogen-bond donors (Lipinski definition) is 1. The number of pyridine rings is 2. The van der Waals surface area contributed by atoms with Gasteiger partial charge in [0.05, 0.1) is 28.1 Å². The van der Waals surface area contributed by atoms with Crippen LogP contribution in [0, 0.1) is 0 Å². The van der Waals surface area contributed by atoms with Crippen LogP contribution >= 0.6 is 0 Å². The van der Waals surface area contributed by atoms with E-state index in [0.717, 1.165) is 73.1 Å². The Hall–Kier alpha value is -6.00. The van der Waals surface area contributed by atoms with Crippen LogP contribution in [0.15, 0.2) is 140 Å². The molecular weight excluding hydrogens is 633 g/mol. The largest absolute Gasteiger partial charge is 0.353 e. The molecule has 4 nitrogen and oxygen atoms in total. The Morgan fingerprint density at radius 3 is 1.65 bits per heavy atom. The lowest BCUT2D eigenvalue weighted by molar-refractivity contribution is 0.590. The van der Waals surface area contributed by atoms with Crippen molar-refractivity contribution in [1.29, 1.82) is 0 Å². The van der Waals surface area contributed by atoms with Gasteiger partial charge in [-0.25, -0.2) is 9.97 Å². The standard InChI is InChI=1S/C48H42N4/c1-47(2,3)33-26-37-38-27-34(48(4,5)6)29-40-43-25-32(30-15-9-7-10-16-30)24-42(49-43)31-17-13-20-36(23-31)52(35-18-11-8-12-19-35)44-22-14-21-41(50-44)39(28-33)45(37)51-46(38)40/h7-29,51H,1-6H3. The lowest BCUT2D eigenvalue weighted by Crippen LogP contribution is -2.13. The molecule has 0 spiro atoms. The predicted octanol–water partition coefficient (Wildman–Crippen LogP) is 13.2. The Labute approximate surface area is 305 Å². The summed E-state index contributed by atoms with van der Waals surface area (Å²) < 4.78 is 0. The molecule has 0 fully saturated rings. The summed E-state index contributed by atoms with van der Waals surface area (Å²) in [6, 6.07) is 50.2. The lowest BCUT2D eigenvalue weighted by Gasteiger charge is -2.26. The van der Waals surface area contributed by atoms with Crippen molar-refractivity contribution in [3.63, 3.8) is 0 Å². The first-order chi connectivity index (χ1) is 25.0. The van der Waals surface area contributed by atoms with Crippen LogP contribution in [0.3, 0.4) is 0 Å². The molecule has 8 aromatic rings. The van der Waals surface area contributed by atoms with E-state index in [1.54, 1.807) is 0 Å². The SMILES string of the molecule is CC(C)(C)c1cc2c3[nH]c4c(cc(C(C)(C)C)cc4c3c1)-c1cccc(n1)N(c1ccccc1)c1cccc(c1)-c1cc(-c3ccccc3)cc-2n1. The zero-order valence-electron chi connectivity index (χ0n) is 30.6. The number of hydrogen-bond acceptors (Lipinski definition) is 3. The van der Waals surface area contributed by atoms with Gasteiger partial charge in [-0.1, -0.05) is 108 Å². The molecule has 3 aromatic heterocycles. The molecule has 5 aromatic carbocycles. The van der Waals surface area contributed by atoms with E-state index in [4.69, 9.17) is 9.97 Å². The van der Waals surface area contributed by atoms with Crippen molar-refractivity contribution < 1.29 is 0 Å². The van der Waals surface area contributed by atoms with Gasteiger partial charge >= 0.3 is 0 Å². The van der Waals surface area contributed by atoms with Crippen LogP contribution in [0.25, 0.3) is 66.7 Å². The van der Waals surface area contributed by atoms with Crippen molar-refractivity contribution in [3.8, 4) is 44.9 Å². The highest BCUT2D eigenvalue weighted by molar-refractivity contribution is 6.16. The molecule has 0 aliphatic carbocycles. The van der Waals surface area contributed by atoms with Gasteiger partial charge in [-0.15, -0.1) is 0 Å². The average molecular weight is 675 g/mol. The molecule has 52 heavy (non-hydrogen) atoms. The molecule has 0 atom stereocenters. The van der Waals surface area contributed by atoms with Crippen LogP contribution < -0.4 is 4.90 Å². The second-order valence-electron chi connectivity index (χ2n) is 16.1. The number of benzene rings is 5. The first-order valence-corrected chi connectivity index (χ1v) is 18.2. The molecule has 0 amide bonds. The van der Waals surface area contributed by atoms with Gasteiger partial charge in [0.2, 0.25) is 0 Å². The van der Waals surface area contributed by atoms with Crippen LogP contribution in [0.4, 0.5) is 17.2 Å². The van der Waals surface area contributed by atoms with Crippen LogP contribution in [0.5, 0.6) is 0 Å². The fourth-order valence-electron chi connectivity index (χ4n) is 7.48. The molecule has 0 radical (unpaired) electrons. The van der Waals surface area contributed by atoms with Crippen molar-refractivity contribution in [2.24, 2.45) is 0 Å². The fourth-order valence-corrected chi connectivity index (χ4v) is 7.48. The molecule has 8 bridgehead atoms. The fraction of sp³-hybridized carbons (Fsp3) is 0.167. The first kappa shape index (κ1) is 31.9. The Kier molecular flexibility index (Phi) is 7.24. The minimum atomic E-state index is -0.0805. The number of anilines is 3. The maximum atomic E-state index is 5.51. The predicted molar refractivity (Wildman–Crippen MR) is 219 cm³/mol. The minimum Gasteiger partial charge on any atom is -0.353 e. The second kappa shape index (κ2) is 11.8. The van der Waals surface area contributed by atoms with Crippen molar-refractivity contribution in [1.82, 2.24) is 15.0 Å². The van der Waals surface area contributed by atoms with Crippen molar-refractivity contribution in [2.45, 2.75) is 52.4 Å². The number of aromatic nitrogens is 3. The summed E-state index contributed by atoms with van der Waals surface area (Å²) in [6.45, 7) is 13.8. The van der Waals surface area contributed by atoms with Gasteiger partial charge in [0.15, 0.2) is 0 Å². The number of nitrogens with one attached hydrogen (secondary N) is 1. The highest BCUT2D eigenvalue weighted by atomic mass is 15.2. The molecule has 0 saturated carbocycles. The number of aromatic amines is 1. The highest BCUT2D eigenvalue weighted by Gasteiger charge is 2.25. The third-order valence-corrected chi connectivity index (χ3v) is 10.4. The Balaban J connectivity index is 1.47. The lowest BCUT2D eigenvalue weighted by atomic mass is 9.83. The molecule has 9 rings (SSSR count). The normalized spacial score (nSPS) is 12.8. The molecule has 1 aliphatic heterocycles. The van der Waals surface area contributed by atoms with E-state index in [0.29, 0.717) is 0 Å². The summed E-state index contributed by atoms with van der Waals surface area (Å²) in [6.07, 6.45) is 0. The van der Waals surface area contributed by atoms with Crippen molar-refractivity contribution in [2.75, 3.05) is 4.90 Å². The summed E-state index contributed by atoms with van der Waals surface area (Å²) in [5.41, 5.74) is 14.9. The molecular formula is C48H42N4. The third-order valence-electron chi connectivity index (χ3n) is 10.4. The first-order valence-electron chi connectivity index (χ1n) is 18.2. The number of H-pyrrole nitrogens is 1. The maximum Gasteiger partial charge on any atom is 0.138 e. The van der Waals surface area contributed by atoms with Gasteiger partial charge in [0, 0.05) is 38.8 Å². The molecule has 1 aliphatic rings. The second-order valence-corrected chi connectivity index (χ2v) is 16.1. The van der Waals surface area contributed by atoms with Gasteiger partial charge in [0.1, 0.15) is 5.82 Å². The summed E-state index contributed by atoms with van der Waals surface area (Å²) in [5, 5.41) is 2.41.